The molecule has 2 unspecified atom stereocenters. The first-order chi connectivity index (χ1) is 41.6. The van der Waals surface area contributed by atoms with Crippen LogP contribution in [0.5, 0.6) is 0 Å². The summed E-state index contributed by atoms with van der Waals surface area (Å²) in [7, 11) is 5.96. The van der Waals surface area contributed by atoms with E-state index in [1.165, 1.54) is 89.9 Å². The van der Waals surface area contributed by atoms with E-state index in [4.69, 9.17) is 18.9 Å². The van der Waals surface area contributed by atoms with Crippen LogP contribution in [0.15, 0.2) is 146 Å². The number of carbonyl (C=O) groups excluding carboxylic acids is 2. The van der Waals surface area contributed by atoms with E-state index in [1.54, 1.807) is 0 Å². The monoisotopic (exact) mass is 1180 g/mol. The number of likely N-dealkylation sites (N-methyl/N-ethyl adjacent to an activating group) is 1. The van der Waals surface area contributed by atoms with Gasteiger partial charge in [0.2, 0.25) is 0 Å². The topological polar surface area (TPSA) is 108 Å². The molecule has 0 aromatic heterocycles. The molecule has 482 valence electrons. The number of hydrogen-bond donors (Lipinski definition) is 1. The van der Waals surface area contributed by atoms with Crippen LogP contribution in [0.4, 0.5) is 0 Å². The number of carboxylic acids is 1. The van der Waals surface area contributed by atoms with E-state index in [0.717, 1.165) is 135 Å². The van der Waals surface area contributed by atoms with Gasteiger partial charge in [-0.1, -0.05) is 275 Å². The van der Waals surface area contributed by atoms with Crippen molar-refractivity contribution in [2.75, 3.05) is 47.5 Å². The molecule has 1 N–H and O–H groups in total. The summed E-state index contributed by atoms with van der Waals surface area (Å²) >= 11 is 0. The zero-order valence-electron chi connectivity index (χ0n) is 55.0. The van der Waals surface area contributed by atoms with Crippen LogP contribution in [-0.2, 0) is 33.3 Å². The van der Waals surface area contributed by atoms with Crippen molar-refractivity contribution in [1.82, 2.24) is 0 Å². The minimum atomic E-state index is -1.52. The molecule has 0 aliphatic heterocycles. The Bertz CT molecular complexity index is 1900. The van der Waals surface area contributed by atoms with E-state index < -0.39 is 24.3 Å². The molecule has 2 atom stereocenters. The number of carbonyl (C=O) groups is 3. The Labute approximate surface area is 522 Å². The molecule has 0 aromatic rings. The molecule has 9 nitrogen and oxygen atoms in total. The Hall–Kier alpha value is -4.83. The number of ether oxygens (including phenoxy) is 4. The average Bonchev–Trinajstić information content (AvgIpc) is 3.49. The summed E-state index contributed by atoms with van der Waals surface area (Å²) in [5.41, 5.74) is 0. The van der Waals surface area contributed by atoms with Gasteiger partial charge < -0.3 is 28.5 Å². The fourth-order valence-electron chi connectivity index (χ4n) is 8.96. The third kappa shape index (κ3) is 66.5. The van der Waals surface area contributed by atoms with Crippen LogP contribution >= 0.6 is 0 Å². The maximum absolute atomic E-state index is 12.9. The normalized spacial score (nSPS) is 13.7. The lowest BCUT2D eigenvalue weighted by Gasteiger charge is -2.25. The Morgan fingerprint density at radius 3 is 0.941 bits per heavy atom. The minimum Gasteiger partial charge on any atom is -0.477 e. The van der Waals surface area contributed by atoms with Gasteiger partial charge in [0.25, 0.3) is 6.29 Å². The Morgan fingerprint density at radius 1 is 0.353 bits per heavy atom. The molecule has 0 spiro atoms. The molecule has 0 saturated heterocycles. The molecule has 0 saturated carbocycles. The van der Waals surface area contributed by atoms with Gasteiger partial charge in [-0.2, -0.15) is 0 Å². The lowest BCUT2D eigenvalue weighted by Crippen LogP contribution is -2.40. The van der Waals surface area contributed by atoms with Gasteiger partial charge in [-0.25, -0.2) is 4.79 Å². The molecule has 0 fully saturated rings. The van der Waals surface area contributed by atoms with E-state index in [-0.39, 0.29) is 38.6 Å². The minimum absolute atomic E-state index is 0.178. The van der Waals surface area contributed by atoms with Crippen molar-refractivity contribution in [3.63, 3.8) is 0 Å². The lowest BCUT2D eigenvalue weighted by molar-refractivity contribution is -0.870. The van der Waals surface area contributed by atoms with Gasteiger partial charge in [0.1, 0.15) is 13.2 Å². The van der Waals surface area contributed by atoms with Gasteiger partial charge in [0.05, 0.1) is 34.4 Å². The van der Waals surface area contributed by atoms with E-state index in [9.17, 15) is 19.5 Å². The first-order valence-corrected chi connectivity index (χ1v) is 34.0. The lowest BCUT2D eigenvalue weighted by atomic mass is 10.0. The van der Waals surface area contributed by atoms with Gasteiger partial charge >= 0.3 is 17.9 Å². The highest BCUT2D eigenvalue weighted by atomic mass is 16.7. The Balaban J connectivity index is 4.12. The maximum atomic E-state index is 12.9. The predicted molar refractivity (Wildman–Crippen MR) is 364 cm³/mol. The summed E-state index contributed by atoms with van der Waals surface area (Å²) in [4.78, 5) is 37.6. The van der Waals surface area contributed by atoms with Gasteiger partial charge in [-0.05, 0) is 116 Å². The highest BCUT2D eigenvalue weighted by Gasteiger charge is 2.25. The van der Waals surface area contributed by atoms with E-state index >= 15 is 0 Å². The van der Waals surface area contributed by atoms with E-state index in [1.807, 2.05) is 21.1 Å². The summed E-state index contributed by atoms with van der Waals surface area (Å²) in [5, 5.41) is 9.73. The van der Waals surface area contributed by atoms with Crippen LogP contribution in [0.25, 0.3) is 0 Å². The first kappa shape index (κ1) is 80.2. The van der Waals surface area contributed by atoms with Crippen LogP contribution in [0, 0.1) is 0 Å². The zero-order valence-corrected chi connectivity index (χ0v) is 55.0. The number of quaternary nitrogens is 1. The zero-order chi connectivity index (χ0) is 61.9. The molecule has 0 aliphatic rings. The molecule has 0 aromatic carbocycles. The Kier molecular flexibility index (Phi) is 61.4. The van der Waals surface area contributed by atoms with Crippen molar-refractivity contribution < 1.29 is 42.9 Å². The van der Waals surface area contributed by atoms with Gasteiger partial charge in [0.15, 0.2) is 6.10 Å². The number of unbranched alkanes of at least 4 members (excludes halogenated alkanes) is 22. The van der Waals surface area contributed by atoms with Crippen LogP contribution < -0.4 is 0 Å². The highest BCUT2D eigenvalue weighted by molar-refractivity contribution is 5.71. The number of rotatable bonds is 61. The van der Waals surface area contributed by atoms with Crippen molar-refractivity contribution in [3.05, 3.63) is 146 Å². The molecule has 0 amide bonds. The molecule has 0 radical (unpaired) electrons. The molecular formula is C76H126NO8+. The van der Waals surface area contributed by atoms with Crippen LogP contribution in [-0.4, -0.2) is 87.4 Å². The third-order valence-corrected chi connectivity index (χ3v) is 14.1. The fraction of sp³-hybridized carbons (Fsp3) is 0.645. The van der Waals surface area contributed by atoms with Gasteiger partial charge in [0, 0.05) is 12.8 Å². The number of esters is 2. The molecule has 0 bridgehead atoms. The average molecular weight is 1180 g/mol. The second-order valence-electron chi connectivity index (χ2n) is 23.4. The molecule has 0 rings (SSSR count). The van der Waals surface area contributed by atoms with E-state index in [0.29, 0.717) is 17.4 Å². The first-order valence-electron chi connectivity index (χ1n) is 34.0. The highest BCUT2D eigenvalue weighted by Crippen LogP contribution is 2.16. The third-order valence-electron chi connectivity index (χ3n) is 14.1. The Morgan fingerprint density at radius 2 is 0.635 bits per heavy atom. The smallest absolute Gasteiger partial charge is 0.361 e. The van der Waals surface area contributed by atoms with Crippen LogP contribution in [0.3, 0.4) is 0 Å². The molecule has 85 heavy (non-hydrogen) atoms. The van der Waals surface area contributed by atoms with Crippen molar-refractivity contribution in [3.8, 4) is 0 Å². The molecule has 0 aliphatic carbocycles. The second-order valence-corrected chi connectivity index (χ2v) is 23.4. The summed E-state index contributed by atoms with van der Waals surface area (Å²) < 4.78 is 22.9. The number of aliphatic carboxylic acids is 1. The van der Waals surface area contributed by atoms with Gasteiger partial charge in [-0.3, -0.25) is 9.59 Å². The summed E-state index contributed by atoms with van der Waals surface area (Å²) in [6.45, 7) is 4.62. The number of allylic oxidation sites excluding steroid dienone is 24. The molecule has 9 heteroatoms. The van der Waals surface area contributed by atoms with Crippen molar-refractivity contribution in [2.24, 2.45) is 0 Å². The van der Waals surface area contributed by atoms with Crippen molar-refractivity contribution in [2.45, 2.75) is 270 Å². The maximum Gasteiger partial charge on any atom is 0.361 e. The van der Waals surface area contributed by atoms with Gasteiger partial charge in [-0.15, -0.1) is 0 Å². The summed E-state index contributed by atoms with van der Waals surface area (Å²) in [6, 6.07) is 0. The molecule has 0 heterocycles. The second kappa shape index (κ2) is 65.2. The van der Waals surface area contributed by atoms with Crippen molar-refractivity contribution in [1.29, 1.82) is 0 Å². The molecular weight excluding hydrogens is 1050 g/mol. The number of carboxylic acid groups (broad SMARTS) is 1. The summed E-state index contributed by atoms with van der Waals surface area (Å²) in [6.07, 6.45) is 92.4. The SMILES string of the molecule is CC/C=C\C/C=C\C/C=C\C/C=C\C/C=C\C/C=C\C/C=C\CCCCCCCCCCCCCCCCCCCC(=O)OC(COC(=O)CCCCCCC/C=C\C/C=C\C/C=C\C/C=C\C/C=C\CC)COC(OCC[N+](C)(C)C)C(=O)O. The van der Waals surface area contributed by atoms with Crippen LogP contribution in [0.1, 0.15) is 258 Å². The van der Waals surface area contributed by atoms with Crippen LogP contribution in [0.2, 0.25) is 0 Å². The predicted octanol–water partition coefficient (Wildman–Crippen LogP) is 21.1. The summed E-state index contributed by atoms with van der Waals surface area (Å²) in [5.74, 6) is -2.04. The quantitative estimate of drug-likeness (QED) is 0.0211. The van der Waals surface area contributed by atoms with E-state index in [2.05, 4.69) is 160 Å². The number of hydrogen-bond acceptors (Lipinski definition) is 7. The largest absolute Gasteiger partial charge is 0.477 e. The van der Waals surface area contributed by atoms with Crippen molar-refractivity contribution >= 4 is 17.9 Å². The fourth-order valence-corrected chi connectivity index (χ4v) is 8.96. The standard InChI is InChI=1S/C76H125NO8/c1-6-8-10-12-14-16-18-20-22-24-26-28-29-30-31-32-33-34-35-36-37-38-39-40-41-42-43-44-45-47-49-51-53-55-57-59-61-63-65-67-74(79)85-72(71-84-76(75(80)81)82-69-68-77(3,4)5)70-83-73(78)66-64-62-60-58-56-54-52-50-48-46-27-25-23-21-19-17-15-13-11-9-7-2/h8-11,14-17,20-23,26-28,30-31,33-34,36-37,46,50,52,72,76H,6-7,12-13,18-19,24-25,29,32,35,38-45,47-49,51,53-71H2,1-5H3/p+1/b10-8-,11-9-,16-14-,17-15-,22-20-,23-21-,28-26-,31-30-,34-33-,37-36-,46-27-,52-50-. The number of nitrogens with zero attached hydrogens (tertiary/aromatic N) is 1.